The Kier molecular flexibility index (Phi) is 5.97. The second-order valence-electron chi connectivity index (χ2n) is 8.81. The number of nitrogens with zero attached hydrogens (tertiary/aromatic N) is 1. The van der Waals surface area contributed by atoms with E-state index in [9.17, 15) is 14.7 Å². The van der Waals surface area contributed by atoms with Gasteiger partial charge in [-0.2, -0.15) is 0 Å². The van der Waals surface area contributed by atoms with Crippen LogP contribution in [-0.2, 0) is 24.2 Å². The number of amides is 1. The van der Waals surface area contributed by atoms with Crippen molar-refractivity contribution in [2.75, 3.05) is 20.3 Å². The Hall–Kier alpha value is -3.80. The maximum atomic E-state index is 13.1. The highest BCUT2D eigenvalue weighted by atomic mass is 16.5. The number of aliphatic carboxylic acids is 1. The fraction of sp³-hybridized carbons (Fsp3) is 0.286. The summed E-state index contributed by atoms with van der Waals surface area (Å²) >= 11 is 0. The molecule has 2 aliphatic heterocycles. The average molecular weight is 458 g/mol. The van der Waals surface area contributed by atoms with Gasteiger partial charge in [-0.3, -0.25) is 9.59 Å². The summed E-state index contributed by atoms with van der Waals surface area (Å²) in [5.41, 5.74) is 6.03. The molecule has 174 valence electrons. The molecule has 2 heterocycles. The van der Waals surface area contributed by atoms with E-state index in [0.29, 0.717) is 37.4 Å². The summed E-state index contributed by atoms with van der Waals surface area (Å²) in [6.45, 7) is 1.76. The molecule has 1 N–H and O–H groups in total. The van der Waals surface area contributed by atoms with E-state index in [4.69, 9.17) is 9.47 Å². The minimum Gasteiger partial charge on any atom is -0.497 e. The van der Waals surface area contributed by atoms with Crippen molar-refractivity contribution in [3.8, 4) is 11.5 Å². The number of hydrogen-bond donors (Lipinski definition) is 1. The minimum atomic E-state index is -0.827. The molecule has 3 aromatic rings. The SMILES string of the molecule is COc1ccc(C(=O)N2CCc3c(cccc3C(CC(=O)O)c3ccc4c(c3)CCO4)C2)cc1. The molecule has 3 aromatic carbocycles. The normalized spacial score (nSPS) is 15.1. The third kappa shape index (κ3) is 4.23. The second kappa shape index (κ2) is 9.21. The van der Waals surface area contributed by atoms with Gasteiger partial charge in [0.05, 0.1) is 20.1 Å². The third-order valence-electron chi connectivity index (χ3n) is 6.80. The number of ether oxygens (including phenoxy) is 2. The van der Waals surface area contributed by atoms with Crippen molar-refractivity contribution in [3.05, 3.63) is 94.0 Å². The van der Waals surface area contributed by atoms with Crippen LogP contribution < -0.4 is 9.47 Å². The quantitative estimate of drug-likeness (QED) is 0.593. The van der Waals surface area contributed by atoms with Crippen molar-refractivity contribution in [2.24, 2.45) is 0 Å². The van der Waals surface area contributed by atoms with Crippen molar-refractivity contribution in [1.82, 2.24) is 4.90 Å². The molecule has 1 amide bonds. The van der Waals surface area contributed by atoms with Gasteiger partial charge in [-0.1, -0.05) is 30.3 Å². The summed E-state index contributed by atoms with van der Waals surface area (Å²) in [5.74, 6) is 0.515. The van der Waals surface area contributed by atoms with Crippen LogP contribution in [0, 0.1) is 0 Å². The zero-order valence-electron chi connectivity index (χ0n) is 19.1. The van der Waals surface area contributed by atoms with Gasteiger partial charge in [-0.25, -0.2) is 0 Å². The molecule has 0 saturated carbocycles. The van der Waals surface area contributed by atoms with Crippen molar-refractivity contribution >= 4 is 11.9 Å². The molecule has 5 rings (SSSR count). The summed E-state index contributed by atoms with van der Waals surface area (Å²) in [5, 5.41) is 9.70. The van der Waals surface area contributed by atoms with E-state index >= 15 is 0 Å². The predicted octanol–water partition coefficient (Wildman–Crippen LogP) is 4.44. The Morgan fingerprint density at radius 3 is 2.65 bits per heavy atom. The first-order chi connectivity index (χ1) is 16.5. The van der Waals surface area contributed by atoms with Gasteiger partial charge in [0.25, 0.3) is 5.91 Å². The largest absolute Gasteiger partial charge is 0.497 e. The molecule has 0 bridgehead atoms. The number of methoxy groups -OCH3 is 1. The highest BCUT2D eigenvalue weighted by molar-refractivity contribution is 5.94. The molecular weight excluding hydrogens is 430 g/mol. The zero-order chi connectivity index (χ0) is 23.7. The molecule has 2 aliphatic rings. The molecule has 0 spiro atoms. The summed E-state index contributed by atoms with van der Waals surface area (Å²) in [4.78, 5) is 26.8. The van der Waals surface area contributed by atoms with Crippen molar-refractivity contribution in [1.29, 1.82) is 0 Å². The molecule has 1 unspecified atom stereocenters. The van der Waals surface area contributed by atoms with E-state index in [2.05, 4.69) is 6.07 Å². The first-order valence-electron chi connectivity index (χ1n) is 11.5. The van der Waals surface area contributed by atoms with Crippen LogP contribution in [0.4, 0.5) is 0 Å². The minimum absolute atomic E-state index is 0.0144. The lowest BCUT2D eigenvalue weighted by Gasteiger charge is -2.32. The standard InChI is InChI=1S/C28H27NO5/c1-33-22-8-5-18(6-9-22)28(32)29-13-11-23-21(17-29)3-2-4-24(23)25(16-27(30)31)19-7-10-26-20(15-19)12-14-34-26/h2-10,15,25H,11-14,16-17H2,1H3,(H,30,31). The van der Waals surface area contributed by atoms with Gasteiger partial charge in [0.1, 0.15) is 11.5 Å². The fourth-order valence-electron chi connectivity index (χ4n) is 5.06. The Morgan fingerprint density at radius 2 is 1.88 bits per heavy atom. The van der Waals surface area contributed by atoms with E-state index < -0.39 is 5.97 Å². The van der Waals surface area contributed by atoms with Gasteiger partial charge in [0.2, 0.25) is 0 Å². The number of carboxylic acids is 1. The first-order valence-corrected chi connectivity index (χ1v) is 11.5. The number of fused-ring (bicyclic) bond motifs is 2. The molecule has 1 atom stereocenters. The van der Waals surface area contributed by atoms with Crippen LogP contribution in [0.2, 0.25) is 0 Å². The van der Waals surface area contributed by atoms with Crippen LogP contribution in [0.15, 0.2) is 60.7 Å². The highest BCUT2D eigenvalue weighted by Crippen LogP contribution is 2.37. The number of benzene rings is 3. The highest BCUT2D eigenvalue weighted by Gasteiger charge is 2.28. The third-order valence-corrected chi connectivity index (χ3v) is 6.80. The lowest BCUT2D eigenvalue weighted by Crippen LogP contribution is -2.36. The Bertz CT molecular complexity index is 1230. The topological polar surface area (TPSA) is 76.1 Å². The monoisotopic (exact) mass is 457 g/mol. The van der Waals surface area contributed by atoms with Crippen molar-refractivity contribution in [3.63, 3.8) is 0 Å². The van der Waals surface area contributed by atoms with Crippen LogP contribution in [0.3, 0.4) is 0 Å². The van der Waals surface area contributed by atoms with Gasteiger partial charge in [-0.05, 0) is 64.6 Å². The second-order valence-corrected chi connectivity index (χ2v) is 8.81. The molecule has 0 saturated heterocycles. The molecule has 0 aromatic heterocycles. The molecule has 6 nitrogen and oxygen atoms in total. The zero-order valence-corrected chi connectivity index (χ0v) is 19.1. The van der Waals surface area contributed by atoms with Crippen LogP contribution in [0.1, 0.15) is 50.5 Å². The van der Waals surface area contributed by atoms with E-state index in [0.717, 1.165) is 40.0 Å². The van der Waals surface area contributed by atoms with Crippen LogP contribution in [-0.4, -0.2) is 42.1 Å². The van der Waals surface area contributed by atoms with E-state index in [1.807, 2.05) is 35.2 Å². The molecule has 0 aliphatic carbocycles. The molecule has 0 fully saturated rings. The van der Waals surface area contributed by atoms with Crippen LogP contribution in [0.5, 0.6) is 11.5 Å². The van der Waals surface area contributed by atoms with Gasteiger partial charge in [-0.15, -0.1) is 0 Å². The number of carbonyl (C=O) groups excluding carboxylic acids is 1. The molecular formula is C28H27NO5. The first kappa shape index (κ1) is 22.0. The lowest BCUT2D eigenvalue weighted by molar-refractivity contribution is -0.137. The van der Waals surface area contributed by atoms with E-state index in [1.54, 1.807) is 31.4 Å². The fourth-order valence-corrected chi connectivity index (χ4v) is 5.06. The van der Waals surface area contributed by atoms with E-state index in [1.165, 1.54) is 0 Å². The van der Waals surface area contributed by atoms with Gasteiger partial charge in [0, 0.05) is 31.0 Å². The van der Waals surface area contributed by atoms with Gasteiger partial charge < -0.3 is 19.5 Å². The molecule has 34 heavy (non-hydrogen) atoms. The molecule has 6 heteroatoms. The number of carboxylic acid groups (broad SMARTS) is 1. The van der Waals surface area contributed by atoms with E-state index in [-0.39, 0.29) is 18.2 Å². The van der Waals surface area contributed by atoms with Gasteiger partial charge >= 0.3 is 5.97 Å². The molecule has 0 radical (unpaired) electrons. The number of hydrogen-bond acceptors (Lipinski definition) is 4. The Labute approximate surface area is 198 Å². The summed E-state index contributed by atoms with van der Waals surface area (Å²) < 4.78 is 10.8. The predicted molar refractivity (Wildman–Crippen MR) is 128 cm³/mol. The smallest absolute Gasteiger partial charge is 0.304 e. The van der Waals surface area contributed by atoms with Gasteiger partial charge in [0.15, 0.2) is 0 Å². The number of carbonyl (C=O) groups is 2. The van der Waals surface area contributed by atoms with Crippen LogP contribution >= 0.6 is 0 Å². The maximum absolute atomic E-state index is 13.1. The summed E-state index contributed by atoms with van der Waals surface area (Å²) in [6.07, 6.45) is 1.56. The Balaban J connectivity index is 1.44. The lowest BCUT2D eigenvalue weighted by atomic mass is 9.81. The van der Waals surface area contributed by atoms with Crippen molar-refractivity contribution < 1.29 is 24.2 Å². The van der Waals surface area contributed by atoms with Crippen LogP contribution in [0.25, 0.3) is 0 Å². The Morgan fingerprint density at radius 1 is 1.06 bits per heavy atom. The summed E-state index contributed by atoms with van der Waals surface area (Å²) in [6, 6.07) is 19.2. The number of rotatable bonds is 6. The van der Waals surface area contributed by atoms with Crippen molar-refractivity contribution in [2.45, 2.75) is 31.7 Å². The average Bonchev–Trinajstić information content (AvgIpc) is 3.34. The maximum Gasteiger partial charge on any atom is 0.304 e. The summed E-state index contributed by atoms with van der Waals surface area (Å²) in [7, 11) is 1.60.